The molecule has 28 heavy (non-hydrogen) atoms. The highest BCUT2D eigenvalue weighted by molar-refractivity contribution is 7.92. The Labute approximate surface area is 161 Å². The smallest absolute Gasteiger partial charge is 0.254 e. The molecule has 2 aliphatic rings. The van der Waals surface area contributed by atoms with Gasteiger partial charge in [-0.3, -0.25) is 9.48 Å². The number of halogens is 1. The molecule has 0 bridgehead atoms. The average molecular weight is 409 g/mol. The molecule has 0 radical (unpaired) electrons. The molecule has 9 nitrogen and oxygen atoms in total. The van der Waals surface area contributed by atoms with Crippen molar-refractivity contribution < 1.29 is 22.3 Å². The van der Waals surface area contributed by atoms with Gasteiger partial charge in [-0.2, -0.15) is 5.10 Å². The van der Waals surface area contributed by atoms with E-state index in [0.717, 1.165) is 0 Å². The van der Waals surface area contributed by atoms with Crippen molar-refractivity contribution in [2.45, 2.75) is 24.7 Å². The maximum absolute atomic E-state index is 14.0. The number of amides is 1. The number of alkyl halides is 1. The summed E-state index contributed by atoms with van der Waals surface area (Å²) in [6.45, 7) is 0.801. The fourth-order valence-corrected chi connectivity index (χ4v) is 4.71. The maximum atomic E-state index is 14.0. The van der Waals surface area contributed by atoms with Gasteiger partial charge in [-0.1, -0.05) is 0 Å². The fraction of sp³-hybridized carbons (Fsp3) is 0.471. The maximum Gasteiger partial charge on any atom is 0.254 e. The second kappa shape index (κ2) is 7.13. The van der Waals surface area contributed by atoms with Crippen LogP contribution in [0.2, 0.25) is 0 Å². The monoisotopic (exact) mass is 409 g/mol. The van der Waals surface area contributed by atoms with E-state index in [1.807, 2.05) is 0 Å². The van der Waals surface area contributed by atoms with Gasteiger partial charge in [0, 0.05) is 30.1 Å². The number of nitrogens with zero attached hydrogens (tertiary/aromatic N) is 3. The Balaban J connectivity index is 1.57. The van der Waals surface area contributed by atoms with Crippen LogP contribution in [-0.2, 0) is 9.84 Å². The number of hydrogen-bond donors (Lipinski definition) is 2. The molecule has 0 spiro atoms. The first-order valence-corrected chi connectivity index (χ1v) is 10.7. The number of pyridine rings is 1. The number of nitrogens with one attached hydrogen (secondary N) is 1. The predicted octanol–water partition coefficient (Wildman–Crippen LogP) is 0.0923. The van der Waals surface area contributed by atoms with Gasteiger partial charge in [0.2, 0.25) is 5.88 Å². The zero-order valence-electron chi connectivity index (χ0n) is 14.9. The van der Waals surface area contributed by atoms with Crippen LogP contribution >= 0.6 is 0 Å². The lowest BCUT2D eigenvalue weighted by molar-refractivity contribution is 0.0676. The number of sulfone groups is 1. The van der Waals surface area contributed by atoms with Crippen molar-refractivity contribution in [3.8, 4) is 17.0 Å². The molecule has 2 aromatic rings. The molecule has 11 heteroatoms. The molecule has 2 unspecified atom stereocenters. The highest BCUT2D eigenvalue weighted by atomic mass is 32.2. The molecule has 0 saturated carbocycles. The molecule has 4 rings (SSSR count). The van der Waals surface area contributed by atoms with Crippen LogP contribution in [0.5, 0.6) is 5.88 Å². The van der Waals surface area contributed by atoms with E-state index in [9.17, 15) is 17.6 Å². The summed E-state index contributed by atoms with van der Waals surface area (Å²) in [4.78, 5) is 16.1. The molecule has 1 amide bonds. The number of ether oxygens (including phenoxy) is 1. The van der Waals surface area contributed by atoms with Crippen molar-refractivity contribution in [1.82, 2.24) is 20.1 Å². The van der Waals surface area contributed by atoms with Crippen molar-refractivity contribution in [2.24, 2.45) is 5.73 Å². The fourth-order valence-electron chi connectivity index (χ4n) is 3.33. The summed E-state index contributed by atoms with van der Waals surface area (Å²) < 4.78 is 43.9. The molecule has 3 N–H and O–H groups in total. The van der Waals surface area contributed by atoms with E-state index in [4.69, 9.17) is 10.5 Å². The second-order valence-corrected chi connectivity index (χ2v) is 9.20. The van der Waals surface area contributed by atoms with Gasteiger partial charge < -0.3 is 15.8 Å². The zero-order valence-corrected chi connectivity index (χ0v) is 15.7. The molecule has 0 aliphatic carbocycles. The van der Waals surface area contributed by atoms with E-state index in [1.165, 1.54) is 12.3 Å². The van der Waals surface area contributed by atoms with Crippen LogP contribution in [0.25, 0.3) is 11.1 Å². The normalized spacial score (nSPS) is 24.5. The SMILES string of the molecule is NC(=O)c1cc(-c2cnn(C3CS(=O)(=O)C3)c2)cnc1OC1CCNCC1F. The molecule has 4 heterocycles. The van der Waals surface area contributed by atoms with E-state index >= 15 is 0 Å². The lowest BCUT2D eigenvalue weighted by Crippen LogP contribution is -2.44. The molecule has 0 aromatic carbocycles. The first-order valence-electron chi connectivity index (χ1n) is 8.88. The van der Waals surface area contributed by atoms with Crippen LogP contribution in [0.3, 0.4) is 0 Å². The number of primary amides is 1. The highest BCUT2D eigenvalue weighted by Crippen LogP contribution is 2.29. The first-order chi connectivity index (χ1) is 13.3. The lowest BCUT2D eigenvalue weighted by Gasteiger charge is -2.27. The number of carbonyl (C=O) groups excluding carboxylic acids is 1. The van der Waals surface area contributed by atoms with Gasteiger partial charge in [0.15, 0.2) is 9.84 Å². The number of piperidine rings is 1. The summed E-state index contributed by atoms with van der Waals surface area (Å²) in [7, 11) is -2.96. The summed E-state index contributed by atoms with van der Waals surface area (Å²) in [5, 5.41) is 7.13. The van der Waals surface area contributed by atoms with Crippen LogP contribution in [-0.4, -0.2) is 66.0 Å². The van der Waals surface area contributed by atoms with Crippen LogP contribution in [0.15, 0.2) is 24.7 Å². The van der Waals surface area contributed by atoms with Gasteiger partial charge in [-0.25, -0.2) is 17.8 Å². The minimum atomic E-state index is -2.96. The van der Waals surface area contributed by atoms with Gasteiger partial charge in [0.1, 0.15) is 17.8 Å². The summed E-state index contributed by atoms with van der Waals surface area (Å²) in [5.74, 6) is -0.604. The van der Waals surface area contributed by atoms with Crippen molar-refractivity contribution in [3.05, 3.63) is 30.2 Å². The van der Waals surface area contributed by atoms with E-state index in [-0.39, 0.29) is 35.5 Å². The van der Waals surface area contributed by atoms with Gasteiger partial charge in [0.05, 0.1) is 23.7 Å². The van der Waals surface area contributed by atoms with Crippen LogP contribution in [0.4, 0.5) is 4.39 Å². The topological polar surface area (TPSA) is 129 Å². The zero-order chi connectivity index (χ0) is 19.9. The number of nitrogens with two attached hydrogens (primary N) is 1. The quantitative estimate of drug-likeness (QED) is 0.716. The molecule has 2 aromatic heterocycles. The van der Waals surface area contributed by atoms with E-state index < -0.39 is 28.0 Å². The molecule has 2 fully saturated rings. The van der Waals surface area contributed by atoms with Gasteiger partial charge in [-0.15, -0.1) is 0 Å². The Hall–Kier alpha value is -2.53. The van der Waals surface area contributed by atoms with Crippen LogP contribution in [0, 0.1) is 0 Å². The summed E-state index contributed by atoms with van der Waals surface area (Å²) in [6.07, 6.45) is 3.33. The minimum Gasteiger partial charge on any atom is -0.471 e. The number of rotatable bonds is 5. The third-order valence-corrected chi connectivity index (χ3v) is 6.71. The standard InChI is InChI=1S/C17H20FN5O4S/c18-14-6-20-2-1-15(14)27-17-13(16(19)24)3-10(4-21-17)11-5-22-23(7-11)12-8-28(25,26)9-12/h3-5,7,12,14-15,20H,1-2,6,8-9H2,(H2,19,24). The summed E-state index contributed by atoms with van der Waals surface area (Å²) in [6, 6.07) is 1.34. The molecule has 2 atom stereocenters. The van der Waals surface area contributed by atoms with Crippen LogP contribution in [0.1, 0.15) is 22.8 Å². The predicted molar refractivity (Wildman–Crippen MR) is 98.5 cm³/mol. The molecular weight excluding hydrogens is 389 g/mol. The van der Waals surface area contributed by atoms with Gasteiger partial charge in [0.25, 0.3) is 5.91 Å². The molecule has 2 saturated heterocycles. The van der Waals surface area contributed by atoms with Crippen molar-refractivity contribution in [3.63, 3.8) is 0 Å². The Kier molecular flexibility index (Phi) is 4.79. The van der Waals surface area contributed by atoms with Crippen molar-refractivity contribution >= 4 is 15.7 Å². The largest absolute Gasteiger partial charge is 0.471 e. The Bertz CT molecular complexity index is 997. The Morgan fingerprint density at radius 2 is 2.11 bits per heavy atom. The van der Waals surface area contributed by atoms with Gasteiger partial charge in [-0.05, 0) is 19.0 Å². The van der Waals surface area contributed by atoms with E-state index in [2.05, 4.69) is 15.4 Å². The van der Waals surface area contributed by atoms with E-state index in [1.54, 1.807) is 17.1 Å². The van der Waals surface area contributed by atoms with Crippen molar-refractivity contribution in [1.29, 1.82) is 0 Å². The second-order valence-electron chi connectivity index (χ2n) is 7.05. The lowest BCUT2D eigenvalue weighted by atomic mass is 10.1. The van der Waals surface area contributed by atoms with Gasteiger partial charge >= 0.3 is 0 Å². The summed E-state index contributed by atoms with van der Waals surface area (Å²) in [5.41, 5.74) is 6.76. The average Bonchev–Trinajstić information content (AvgIpc) is 3.11. The highest BCUT2D eigenvalue weighted by Gasteiger charge is 2.35. The minimum absolute atomic E-state index is 0.00304. The Morgan fingerprint density at radius 3 is 2.79 bits per heavy atom. The third-order valence-electron chi connectivity index (χ3n) is 4.93. The summed E-state index contributed by atoms with van der Waals surface area (Å²) >= 11 is 0. The molecule has 2 aliphatic heterocycles. The third kappa shape index (κ3) is 3.72. The number of carbonyl (C=O) groups is 1. The molecule has 150 valence electrons. The molecular formula is C17H20FN5O4S. The van der Waals surface area contributed by atoms with E-state index in [0.29, 0.717) is 24.1 Å². The number of hydrogen-bond acceptors (Lipinski definition) is 7. The van der Waals surface area contributed by atoms with Crippen molar-refractivity contribution in [2.75, 3.05) is 24.6 Å². The number of aromatic nitrogens is 3. The first kappa shape index (κ1) is 18.8. The Morgan fingerprint density at radius 1 is 1.32 bits per heavy atom. The van der Waals surface area contributed by atoms with Crippen LogP contribution < -0.4 is 15.8 Å².